The lowest BCUT2D eigenvalue weighted by atomic mass is 10.1. The van der Waals surface area contributed by atoms with E-state index in [2.05, 4.69) is 38.1 Å². The van der Waals surface area contributed by atoms with Gasteiger partial charge < -0.3 is 10.1 Å². The summed E-state index contributed by atoms with van der Waals surface area (Å²) in [5.41, 5.74) is 0. The van der Waals surface area contributed by atoms with Crippen molar-refractivity contribution in [1.29, 1.82) is 0 Å². The average Bonchev–Trinajstić information content (AvgIpc) is 2.72. The van der Waals surface area contributed by atoms with Gasteiger partial charge in [0.25, 0.3) is 0 Å². The number of rotatable bonds is 8. The van der Waals surface area contributed by atoms with Gasteiger partial charge in [0, 0.05) is 19.1 Å². The lowest BCUT2D eigenvalue weighted by Crippen LogP contribution is -2.33. The van der Waals surface area contributed by atoms with Crippen LogP contribution >= 0.6 is 0 Å². The topological polar surface area (TPSA) is 39.1 Å². The molecule has 1 heterocycles. The van der Waals surface area contributed by atoms with Crippen molar-refractivity contribution in [1.82, 2.24) is 15.1 Å². The molecule has 0 radical (unpaired) electrons. The molecular formula is C13H25N3O. The van der Waals surface area contributed by atoms with Crippen molar-refractivity contribution in [2.45, 2.75) is 46.7 Å². The monoisotopic (exact) mass is 239 g/mol. The number of hydrogen-bond donors (Lipinski definition) is 1. The van der Waals surface area contributed by atoms with Crippen LogP contribution in [0.15, 0.2) is 12.4 Å². The molecule has 0 amide bonds. The summed E-state index contributed by atoms with van der Waals surface area (Å²) in [5.74, 6) is 1.51. The molecule has 0 aliphatic heterocycles. The van der Waals surface area contributed by atoms with E-state index in [-0.39, 0.29) is 0 Å². The van der Waals surface area contributed by atoms with Gasteiger partial charge in [-0.25, -0.2) is 0 Å². The van der Waals surface area contributed by atoms with Crippen molar-refractivity contribution in [3.05, 3.63) is 12.4 Å². The third-order valence-corrected chi connectivity index (χ3v) is 2.90. The third-order valence-electron chi connectivity index (χ3n) is 2.90. The van der Waals surface area contributed by atoms with Crippen LogP contribution in [0.4, 0.5) is 0 Å². The standard InChI is InChI=1S/C13H25N3O/c1-5-7-16-10-13(9-15-16)17-8-6-14-12(4)11(2)3/h9-12,14H,5-8H2,1-4H3. The zero-order chi connectivity index (χ0) is 12.7. The lowest BCUT2D eigenvalue weighted by molar-refractivity contribution is 0.296. The van der Waals surface area contributed by atoms with Gasteiger partial charge in [0.05, 0.1) is 12.4 Å². The fraction of sp³-hybridized carbons (Fsp3) is 0.769. The summed E-state index contributed by atoms with van der Waals surface area (Å²) >= 11 is 0. The maximum Gasteiger partial charge on any atom is 0.157 e. The molecular weight excluding hydrogens is 214 g/mol. The molecule has 4 nitrogen and oxygen atoms in total. The Morgan fingerprint density at radius 2 is 2.18 bits per heavy atom. The highest BCUT2D eigenvalue weighted by Crippen LogP contribution is 2.08. The first-order chi connectivity index (χ1) is 8.13. The first-order valence-corrected chi connectivity index (χ1v) is 6.52. The van der Waals surface area contributed by atoms with Crippen molar-refractivity contribution in [2.24, 2.45) is 5.92 Å². The van der Waals surface area contributed by atoms with E-state index in [4.69, 9.17) is 4.74 Å². The summed E-state index contributed by atoms with van der Waals surface area (Å²) in [6.45, 7) is 11.3. The highest BCUT2D eigenvalue weighted by atomic mass is 16.5. The first-order valence-electron chi connectivity index (χ1n) is 6.52. The summed E-state index contributed by atoms with van der Waals surface area (Å²) < 4.78 is 7.53. The minimum absolute atomic E-state index is 0.529. The van der Waals surface area contributed by atoms with Crippen LogP contribution in [-0.2, 0) is 6.54 Å². The minimum atomic E-state index is 0.529. The molecule has 1 aromatic heterocycles. The van der Waals surface area contributed by atoms with Crippen molar-refractivity contribution in [3.63, 3.8) is 0 Å². The van der Waals surface area contributed by atoms with Crippen LogP contribution in [0.25, 0.3) is 0 Å². The van der Waals surface area contributed by atoms with Crippen molar-refractivity contribution in [3.8, 4) is 5.75 Å². The van der Waals surface area contributed by atoms with Crippen LogP contribution in [0.1, 0.15) is 34.1 Å². The van der Waals surface area contributed by atoms with Crippen LogP contribution in [-0.4, -0.2) is 29.0 Å². The molecule has 4 heteroatoms. The zero-order valence-corrected chi connectivity index (χ0v) is 11.4. The van der Waals surface area contributed by atoms with E-state index >= 15 is 0 Å². The average molecular weight is 239 g/mol. The van der Waals surface area contributed by atoms with Crippen LogP contribution in [0.3, 0.4) is 0 Å². The largest absolute Gasteiger partial charge is 0.489 e. The first kappa shape index (κ1) is 14.0. The van der Waals surface area contributed by atoms with Gasteiger partial charge >= 0.3 is 0 Å². The van der Waals surface area contributed by atoms with E-state index in [9.17, 15) is 0 Å². The summed E-state index contributed by atoms with van der Waals surface area (Å²) in [7, 11) is 0. The fourth-order valence-electron chi connectivity index (χ4n) is 1.46. The second-order valence-electron chi connectivity index (χ2n) is 4.77. The summed E-state index contributed by atoms with van der Waals surface area (Å²) in [6.07, 6.45) is 4.82. The molecule has 0 aliphatic carbocycles. The smallest absolute Gasteiger partial charge is 0.157 e. The van der Waals surface area contributed by atoms with E-state index in [1.807, 2.05) is 10.9 Å². The van der Waals surface area contributed by atoms with Crippen LogP contribution in [0.2, 0.25) is 0 Å². The van der Waals surface area contributed by atoms with Gasteiger partial charge in [-0.05, 0) is 19.3 Å². The van der Waals surface area contributed by atoms with Crippen molar-refractivity contribution < 1.29 is 4.74 Å². The Morgan fingerprint density at radius 3 is 2.82 bits per heavy atom. The number of hydrogen-bond acceptors (Lipinski definition) is 3. The SMILES string of the molecule is CCCn1cc(OCCNC(C)C(C)C)cn1. The second kappa shape index (κ2) is 7.33. The molecule has 1 unspecified atom stereocenters. The fourth-order valence-corrected chi connectivity index (χ4v) is 1.46. The quantitative estimate of drug-likeness (QED) is 0.708. The zero-order valence-electron chi connectivity index (χ0n) is 11.4. The minimum Gasteiger partial charge on any atom is -0.489 e. The maximum atomic E-state index is 5.62. The Labute approximate surface area is 104 Å². The molecule has 0 fully saturated rings. The predicted molar refractivity (Wildman–Crippen MR) is 70.3 cm³/mol. The Balaban J connectivity index is 2.17. The molecule has 0 saturated carbocycles. The molecule has 1 rings (SSSR count). The highest BCUT2D eigenvalue weighted by molar-refractivity contribution is 5.11. The van der Waals surface area contributed by atoms with Gasteiger partial charge in [-0.15, -0.1) is 0 Å². The van der Waals surface area contributed by atoms with Gasteiger partial charge in [-0.2, -0.15) is 5.10 Å². The van der Waals surface area contributed by atoms with Gasteiger partial charge in [0.15, 0.2) is 5.75 Å². The van der Waals surface area contributed by atoms with Gasteiger partial charge in [0.2, 0.25) is 0 Å². The van der Waals surface area contributed by atoms with E-state index in [1.54, 1.807) is 6.20 Å². The summed E-state index contributed by atoms with van der Waals surface area (Å²) in [4.78, 5) is 0. The Bertz CT molecular complexity index is 309. The van der Waals surface area contributed by atoms with E-state index in [1.165, 1.54) is 0 Å². The number of aryl methyl sites for hydroxylation is 1. The molecule has 1 atom stereocenters. The van der Waals surface area contributed by atoms with Gasteiger partial charge in [-0.1, -0.05) is 20.8 Å². The molecule has 1 aromatic rings. The van der Waals surface area contributed by atoms with Crippen LogP contribution in [0.5, 0.6) is 5.75 Å². The van der Waals surface area contributed by atoms with Gasteiger partial charge in [0.1, 0.15) is 6.61 Å². The molecule has 0 bridgehead atoms. The number of nitrogens with one attached hydrogen (secondary N) is 1. The van der Waals surface area contributed by atoms with Crippen molar-refractivity contribution in [2.75, 3.05) is 13.2 Å². The summed E-state index contributed by atoms with van der Waals surface area (Å²) in [6, 6.07) is 0.529. The van der Waals surface area contributed by atoms with Crippen molar-refractivity contribution >= 4 is 0 Å². The van der Waals surface area contributed by atoms with Gasteiger partial charge in [-0.3, -0.25) is 4.68 Å². The highest BCUT2D eigenvalue weighted by Gasteiger charge is 2.05. The molecule has 0 saturated heterocycles. The third kappa shape index (κ3) is 5.22. The Hall–Kier alpha value is -1.03. The number of ether oxygens (including phenoxy) is 1. The molecule has 98 valence electrons. The molecule has 0 spiro atoms. The van der Waals surface area contributed by atoms with E-state index in [0.29, 0.717) is 18.6 Å². The predicted octanol–water partition coefficient (Wildman–Crippen LogP) is 2.31. The Morgan fingerprint density at radius 1 is 1.41 bits per heavy atom. The maximum absolute atomic E-state index is 5.62. The molecule has 1 N–H and O–H groups in total. The number of aromatic nitrogens is 2. The second-order valence-corrected chi connectivity index (χ2v) is 4.77. The molecule has 0 aromatic carbocycles. The van der Waals surface area contributed by atoms with Crippen LogP contribution in [0, 0.1) is 5.92 Å². The lowest BCUT2D eigenvalue weighted by Gasteiger charge is -2.17. The Kier molecular flexibility index (Phi) is 6.05. The molecule has 17 heavy (non-hydrogen) atoms. The van der Waals surface area contributed by atoms with Crippen LogP contribution < -0.4 is 10.1 Å². The molecule has 0 aliphatic rings. The van der Waals surface area contributed by atoms with E-state index < -0.39 is 0 Å². The number of nitrogens with zero attached hydrogens (tertiary/aromatic N) is 2. The summed E-state index contributed by atoms with van der Waals surface area (Å²) in [5, 5.41) is 7.65. The van der Waals surface area contributed by atoms with E-state index in [0.717, 1.165) is 25.3 Å². The normalized spacial score (nSPS) is 13.0.